The summed E-state index contributed by atoms with van der Waals surface area (Å²) in [5, 5.41) is 7.59. The van der Waals surface area contributed by atoms with Crippen LogP contribution < -0.4 is 4.74 Å². The van der Waals surface area contributed by atoms with Crippen LogP contribution in [0.2, 0.25) is 0 Å². The largest absolute Gasteiger partial charge is 0.439 e. The number of ether oxygens (including phenoxy) is 1. The van der Waals surface area contributed by atoms with Gasteiger partial charge in [0.2, 0.25) is 18.2 Å². The summed E-state index contributed by atoms with van der Waals surface area (Å²) in [6.07, 6.45) is 1.31. The van der Waals surface area contributed by atoms with Gasteiger partial charge in [0.15, 0.2) is 0 Å². The van der Waals surface area contributed by atoms with Crippen molar-refractivity contribution in [2.45, 2.75) is 52.4 Å². The van der Waals surface area contributed by atoms with Crippen molar-refractivity contribution in [3.63, 3.8) is 0 Å². The molecule has 3 aromatic rings. The molecule has 0 bridgehead atoms. The number of aromatic nitrogens is 4. The van der Waals surface area contributed by atoms with Gasteiger partial charge in [0.25, 0.3) is 0 Å². The fourth-order valence-electron chi connectivity index (χ4n) is 2.28. The fraction of sp³-hybridized carbons (Fsp3) is 0.400. The molecule has 0 radical (unpaired) electrons. The zero-order chi connectivity index (χ0) is 18.9. The van der Waals surface area contributed by atoms with Gasteiger partial charge < -0.3 is 9.15 Å². The summed E-state index contributed by atoms with van der Waals surface area (Å²) in [4.78, 5) is 9.36. The third-order valence-corrected chi connectivity index (χ3v) is 3.83. The minimum absolute atomic E-state index is 0.0944. The Labute approximate surface area is 153 Å². The van der Waals surface area contributed by atoms with Crippen molar-refractivity contribution in [1.82, 2.24) is 20.2 Å². The van der Waals surface area contributed by atoms with Gasteiger partial charge in [-0.2, -0.15) is 4.98 Å². The molecule has 0 aliphatic rings. The van der Waals surface area contributed by atoms with Crippen LogP contribution in [-0.2, 0) is 10.8 Å². The molecule has 3 rings (SSSR count). The van der Waals surface area contributed by atoms with Crippen molar-refractivity contribution < 1.29 is 9.15 Å². The van der Waals surface area contributed by atoms with Gasteiger partial charge in [-0.25, -0.2) is 4.98 Å². The van der Waals surface area contributed by atoms with Crippen LogP contribution in [0.4, 0.5) is 0 Å². The van der Waals surface area contributed by atoms with Crippen molar-refractivity contribution in [2.75, 3.05) is 0 Å². The Balaban J connectivity index is 1.91. The summed E-state index contributed by atoms with van der Waals surface area (Å²) in [5.74, 6) is 2.47. The van der Waals surface area contributed by atoms with Crippen LogP contribution in [0.15, 0.2) is 41.1 Å². The van der Waals surface area contributed by atoms with Gasteiger partial charge >= 0.3 is 0 Å². The van der Waals surface area contributed by atoms with Crippen LogP contribution in [0.5, 0.6) is 11.6 Å². The zero-order valence-corrected chi connectivity index (χ0v) is 16.1. The minimum atomic E-state index is -0.165. The number of nitrogens with zero attached hydrogens (tertiary/aromatic N) is 4. The van der Waals surface area contributed by atoms with E-state index in [9.17, 15) is 0 Å². The van der Waals surface area contributed by atoms with Crippen molar-refractivity contribution in [3.8, 4) is 23.1 Å². The number of hydrogen-bond donors (Lipinski definition) is 0. The van der Waals surface area contributed by atoms with Crippen LogP contribution in [0.1, 0.15) is 53.1 Å². The second-order valence-electron chi connectivity index (χ2n) is 8.29. The van der Waals surface area contributed by atoms with Crippen LogP contribution in [0.3, 0.4) is 0 Å². The normalized spacial score (nSPS) is 12.2. The van der Waals surface area contributed by atoms with Gasteiger partial charge in [-0.3, -0.25) is 0 Å². The highest BCUT2D eigenvalue weighted by atomic mass is 16.5. The van der Waals surface area contributed by atoms with E-state index in [1.54, 1.807) is 0 Å². The summed E-state index contributed by atoms with van der Waals surface area (Å²) in [5.41, 5.74) is 1.53. The first kappa shape index (κ1) is 18.0. The Morgan fingerprint density at radius 2 is 1.58 bits per heavy atom. The van der Waals surface area contributed by atoms with Gasteiger partial charge in [-0.1, -0.05) is 41.5 Å². The Morgan fingerprint density at radius 1 is 0.885 bits per heavy atom. The second-order valence-corrected chi connectivity index (χ2v) is 8.29. The van der Waals surface area contributed by atoms with E-state index >= 15 is 0 Å². The highest BCUT2D eigenvalue weighted by Crippen LogP contribution is 2.30. The highest BCUT2D eigenvalue weighted by molar-refractivity contribution is 5.54. The van der Waals surface area contributed by atoms with Gasteiger partial charge in [-0.05, 0) is 24.3 Å². The molecule has 1 aromatic carbocycles. The number of benzene rings is 1. The second kappa shape index (κ2) is 6.52. The molecule has 0 atom stereocenters. The lowest BCUT2D eigenvalue weighted by molar-refractivity contribution is 0.435. The first-order chi connectivity index (χ1) is 12.1. The van der Waals surface area contributed by atoms with Crippen molar-refractivity contribution in [2.24, 2.45) is 0 Å². The highest BCUT2D eigenvalue weighted by Gasteiger charge is 2.24. The van der Waals surface area contributed by atoms with E-state index in [1.807, 2.05) is 30.3 Å². The Bertz CT molecular complexity index is 841. The molecular formula is C20H24N4O2. The van der Waals surface area contributed by atoms with Crippen LogP contribution in [-0.4, -0.2) is 20.2 Å². The molecule has 0 amide bonds. The Hall–Kier alpha value is -2.76. The fourth-order valence-corrected chi connectivity index (χ4v) is 2.28. The molecule has 0 saturated carbocycles. The molecule has 0 saturated heterocycles. The molecule has 0 spiro atoms. The van der Waals surface area contributed by atoms with Crippen LogP contribution in [0, 0.1) is 0 Å². The predicted octanol–water partition coefficient (Wildman–Crippen LogP) is 4.91. The van der Waals surface area contributed by atoms with E-state index in [-0.39, 0.29) is 10.8 Å². The van der Waals surface area contributed by atoms with E-state index in [2.05, 4.69) is 56.7 Å². The maximum atomic E-state index is 6.00. The average Bonchev–Trinajstić information content (AvgIpc) is 3.08. The summed E-state index contributed by atoms with van der Waals surface area (Å²) in [7, 11) is 0. The quantitative estimate of drug-likeness (QED) is 0.666. The smallest absolute Gasteiger partial charge is 0.247 e. The molecule has 0 fully saturated rings. The molecular weight excluding hydrogens is 328 g/mol. The topological polar surface area (TPSA) is 73.9 Å². The molecule has 0 N–H and O–H groups in total. The number of rotatable bonds is 3. The molecule has 0 unspecified atom stereocenters. The molecule has 6 heteroatoms. The zero-order valence-electron chi connectivity index (χ0n) is 16.1. The van der Waals surface area contributed by atoms with E-state index < -0.39 is 0 Å². The first-order valence-electron chi connectivity index (χ1n) is 8.57. The summed E-state index contributed by atoms with van der Waals surface area (Å²) >= 11 is 0. The first-order valence-corrected chi connectivity index (χ1v) is 8.57. The SMILES string of the molecule is CC(C)(C)c1cc(Oc2ccc(-c3nnco3)cc2)nc(C(C)(C)C)n1. The van der Waals surface area contributed by atoms with Gasteiger partial charge in [0, 0.05) is 22.5 Å². The molecule has 0 aliphatic heterocycles. The maximum Gasteiger partial charge on any atom is 0.247 e. The van der Waals surface area contributed by atoms with Crippen molar-refractivity contribution >= 4 is 0 Å². The number of hydrogen-bond acceptors (Lipinski definition) is 6. The van der Waals surface area contributed by atoms with Gasteiger partial charge in [0.05, 0.1) is 5.69 Å². The summed E-state index contributed by atoms with van der Waals surface area (Å²) in [6, 6.07) is 9.37. The monoisotopic (exact) mass is 352 g/mol. The third kappa shape index (κ3) is 4.07. The predicted molar refractivity (Wildman–Crippen MR) is 99.2 cm³/mol. The van der Waals surface area contributed by atoms with Gasteiger partial charge in [0.1, 0.15) is 11.6 Å². The van der Waals surface area contributed by atoms with E-state index in [1.165, 1.54) is 6.39 Å². The lowest BCUT2D eigenvalue weighted by Crippen LogP contribution is -2.21. The third-order valence-electron chi connectivity index (χ3n) is 3.83. The Kier molecular flexibility index (Phi) is 4.52. The molecule has 0 aliphatic carbocycles. The van der Waals surface area contributed by atoms with E-state index in [0.29, 0.717) is 17.5 Å². The lowest BCUT2D eigenvalue weighted by Gasteiger charge is -2.23. The Morgan fingerprint density at radius 3 is 2.12 bits per heavy atom. The molecule has 136 valence electrons. The molecule has 2 heterocycles. The summed E-state index contributed by atoms with van der Waals surface area (Å²) in [6.45, 7) is 12.7. The lowest BCUT2D eigenvalue weighted by atomic mass is 9.90. The van der Waals surface area contributed by atoms with Crippen molar-refractivity contribution in [1.29, 1.82) is 0 Å². The van der Waals surface area contributed by atoms with E-state index in [0.717, 1.165) is 17.1 Å². The molecule has 26 heavy (non-hydrogen) atoms. The standard InChI is InChI=1S/C20H24N4O2/c1-19(2,3)15-11-16(23-18(22-15)20(4,5)6)26-14-9-7-13(8-10-14)17-24-21-12-25-17/h7-12H,1-6H3. The average molecular weight is 352 g/mol. The van der Waals surface area contributed by atoms with Gasteiger partial charge in [-0.15, -0.1) is 10.2 Å². The van der Waals surface area contributed by atoms with E-state index in [4.69, 9.17) is 14.1 Å². The molecule has 2 aromatic heterocycles. The van der Waals surface area contributed by atoms with Crippen molar-refractivity contribution in [3.05, 3.63) is 48.2 Å². The minimum Gasteiger partial charge on any atom is -0.439 e. The maximum absolute atomic E-state index is 6.00. The van der Waals surface area contributed by atoms with Crippen LogP contribution in [0.25, 0.3) is 11.5 Å². The molecule has 6 nitrogen and oxygen atoms in total. The van der Waals surface area contributed by atoms with Crippen LogP contribution >= 0.6 is 0 Å². The summed E-state index contributed by atoms with van der Waals surface area (Å²) < 4.78 is 11.2.